The quantitative estimate of drug-likeness (QED) is 0.919. The van der Waals surface area contributed by atoms with Crippen molar-refractivity contribution in [2.45, 2.75) is 44.9 Å². The highest BCUT2D eigenvalue weighted by Crippen LogP contribution is 2.24. The second-order valence-electron chi connectivity index (χ2n) is 5.43. The summed E-state index contributed by atoms with van der Waals surface area (Å²) in [5, 5.41) is 3.52. The zero-order valence-corrected chi connectivity index (χ0v) is 12.4. The molecule has 0 amide bonds. The molecule has 1 aromatic rings. The summed E-state index contributed by atoms with van der Waals surface area (Å²) in [6.07, 6.45) is 2.04. The van der Waals surface area contributed by atoms with Crippen LogP contribution in [0.2, 0.25) is 0 Å². The smallest absolute Gasteiger partial charge is 0.137 e. The molecule has 1 aromatic carbocycles. The van der Waals surface area contributed by atoms with Gasteiger partial charge in [-0.2, -0.15) is 0 Å². The second-order valence-corrected chi connectivity index (χ2v) is 6.28. The number of ether oxygens (including phenoxy) is 1. The first kappa shape index (κ1) is 14.0. The molecule has 1 fully saturated rings. The molecule has 1 atom stereocenters. The first-order valence-electron chi connectivity index (χ1n) is 6.27. The van der Waals surface area contributed by atoms with E-state index in [2.05, 4.69) is 35.1 Å². The van der Waals surface area contributed by atoms with Crippen LogP contribution >= 0.6 is 15.9 Å². The lowest BCUT2D eigenvalue weighted by Crippen LogP contribution is -2.43. The highest BCUT2D eigenvalue weighted by molar-refractivity contribution is 9.10. The maximum Gasteiger partial charge on any atom is 0.137 e. The molecule has 2 nitrogen and oxygen atoms in total. The summed E-state index contributed by atoms with van der Waals surface area (Å²) in [6, 6.07) is 5.61. The van der Waals surface area contributed by atoms with Gasteiger partial charge in [0.25, 0.3) is 0 Å². The number of hydrogen-bond acceptors (Lipinski definition) is 2. The van der Waals surface area contributed by atoms with Gasteiger partial charge in [0, 0.05) is 19.2 Å². The molecule has 2 rings (SSSR count). The van der Waals surface area contributed by atoms with E-state index in [9.17, 15) is 4.39 Å². The molecule has 100 valence electrons. The number of benzene rings is 1. The van der Waals surface area contributed by atoms with Gasteiger partial charge in [-0.1, -0.05) is 6.07 Å². The van der Waals surface area contributed by atoms with Crippen molar-refractivity contribution in [3.63, 3.8) is 0 Å². The number of nitrogens with one attached hydrogen (secondary N) is 1. The molecule has 0 aromatic heterocycles. The van der Waals surface area contributed by atoms with E-state index >= 15 is 0 Å². The van der Waals surface area contributed by atoms with E-state index in [-0.39, 0.29) is 11.4 Å². The van der Waals surface area contributed by atoms with E-state index in [0.717, 1.165) is 31.6 Å². The minimum absolute atomic E-state index is 0.0424. The molecule has 0 aliphatic carbocycles. The van der Waals surface area contributed by atoms with E-state index < -0.39 is 0 Å². The Morgan fingerprint density at radius 1 is 1.50 bits per heavy atom. The Balaban J connectivity index is 1.89. The zero-order chi connectivity index (χ0) is 13.2. The van der Waals surface area contributed by atoms with Gasteiger partial charge in [0.1, 0.15) is 5.82 Å². The van der Waals surface area contributed by atoms with Crippen molar-refractivity contribution in [3.05, 3.63) is 34.1 Å². The van der Waals surface area contributed by atoms with Crippen molar-refractivity contribution < 1.29 is 9.13 Å². The fourth-order valence-corrected chi connectivity index (χ4v) is 2.74. The topological polar surface area (TPSA) is 21.3 Å². The Kier molecular flexibility index (Phi) is 4.41. The highest BCUT2D eigenvalue weighted by Gasteiger charge is 2.28. The van der Waals surface area contributed by atoms with Crippen LogP contribution in [0.5, 0.6) is 0 Å². The van der Waals surface area contributed by atoms with Crippen LogP contribution < -0.4 is 5.32 Å². The third-order valence-electron chi connectivity index (χ3n) is 3.28. The Morgan fingerprint density at radius 2 is 2.28 bits per heavy atom. The van der Waals surface area contributed by atoms with E-state index in [0.29, 0.717) is 10.5 Å². The van der Waals surface area contributed by atoms with Gasteiger partial charge in [-0.25, -0.2) is 4.39 Å². The van der Waals surface area contributed by atoms with Crippen molar-refractivity contribution in [1.29, 1.82) is 0 Å². The van der Waals surface area contributed by atoms with Crippen LogP contribution in [0.3, 0.4) is 0 Å². The molecular formula is C14H19BrFNO. The normalized spacial score (nSPS) is 23.0. The average Bonchev–Trinajstić information content (AvgIpc) is 2.29. The van der Waals surface area contributed by atoms with Gasteiger partial charge in [0.15, 0.2) is 0 Å². The zero-order valence-electron chi connectivity index (χ0n) is 10.8. The van der Waals surface area contributed by atoms with Crippen LogP contribution in [0.1, 0.15) is 32.3 Å². The minimum Gasteiger partial charge on any atom is -0.375 e. The molecule has 1 heterocycles. The SMILES string of the molecule is CC1(C)CC(NCc2ccc(F)c(Br)c2)CCO1. The minimum atomic E-state index is -0.217. The lowest BCUT2D eigenvalue weighted by atomic mass is 9.94. The standard InChI is InChI=1S/C14H19BrFNO/c1-14(2)8-11(5-6-18-14)17-9-10-3-4-13(16)12(15)7-10/h3-4,7,11,17H,5-6,8-9H2,1-2H3. The van der Waals surface area contributed by atoms with Crippen LogP contribution in [-0.4, -0.2) is 18.2 Å². The number of rotatable bonds is 3. The summed E-state index contributed by atoms with van der Waals surface area (Å²) < 4.78 is 19.3. The summed E-state index contributed by atoms with van der Waals surface area (Å²) in [6.45, 7) is 5.81. The Morgan fingerprint density at radius 3 is 2.94 bits per heavy atom. The summed E-state index contributed by atoms with van der Waals surface area (Å²) in [5.74, 6) is -0.217. The van der Waals surface area contributed by atoms with Gasteiger partial charge in [-0.05, 0) is 60.3 Å². The van der Waals surface area contributed by atoms with Gasteiger partial charge in [-0.15, -0.1) is 0 Å². The van der Waals surface area contributed by atoms with Gasteiger partial charge in [0.2, 0.25) is 0 Å². The van der Waals surface area contributed by atoms with Crippen molar-refractivity contribution >= 4 is 15.9 Å². The predicted octanol–water partition coefficient (Wildman–Crippen LogP) is 3.64. The Labute approximate surface area is 116 Å². The van der Waals surface area contributed by atoms with E-state index in [1.807, 2.05) is 12.1 Å². The lowest BCUT2D eigenvalue weighted by molar-refractivity contribution is -0.0630. The molecule has 0 radical (unpaired) electrons. The van der Waals surface area contributed by atoms with Crippen molar-refractivity contribution in [3.8, 4) is 0 Å². The van der Waals surface area contributed by atoms with Crippen molar-refractivity contribution in [1.82, 2.24) is 5.32 Å². The first-order valence-corrected chi connectivity index (χ1v) is 7.07. The largest absolute Gasteiger partial charge is 0.375 e. The van der Waals surface area contributed by atoms with Crippen LogP contribution in [0.15, 0.2) is 22.7 Å². The molecule has 1 saturated heterocycles. The van der Waals surface area contributed by atoms with Crippen LogP contribution in [0, 0.1) is 5.82 Å². The van der Waals surface area contributed by atoms with Crippen LogP contribution in [0.25, 0.3) is 0 Å². The molecule has 0 saturated carbocycles. The van der Waals surface area contributed by atoms with E-state index in [1.165, 1.54) is 6.07 Å². The second kappa shape index (κ2) is 5.68. The van der Waals surface area contributed by atoms with Crippen LogP contribution in [0.4, 0.5) is 4.39 Å². The third kappa shape index (κ3) is 3.77. The molecule has 1 aliphatic heterocycles. The molecule has 18 heavy (non-hydrogen) atoms. The fraction of sp³-hybridized carbons (Fsp3) is 0.571. The molecular weight excluding hydrogens is 297 g/mol. The van der Waals surface area contributed by atoms with Crippen molar-refractivity contribution in [2.24, 2.45) is 0 Å². The fourth-order valence-electron chi connectivity index (χ4n) is 2.32. The molecule has 1 aliphatic rings. The lowest BCUT2D eigenvalue weighted by Gasteiger charge is -2.36. The summed E-state index contributed by atoms with van der Waals surface area (Å²) >= 11 is 3.21. The summed E-state index contributed by atoms with van der Waals surface area (Å²) in [7, 11) is 0. The van der Waals surface area contributed by atoms with Gasteiger partial charge < -0.3 is 10.1 Å². The molecule has 1 unspecified atom stereocenters. The Bertz CT molecular complexity index is 422. The van der Waals surface area contributed by atoms with Gasteiger partial charge >= 0.3 is 0 Å². The number of hydrogen-bond donors (Lipinski definition) is 1. The average molecular weight is 316 g/mol. The monoisotopic (exact) mass is 315 g/mol. The van der Waals surface area contributed by atoms with Crippen molar-refractivity contribution in [2.75, 3.05) is 6.61 Å². The van der Waals surface area contributed by atoms with E-state index in [4.69, 9.17) is 4.74 Å². The molecule has 0 spiro atoms. The van der Waals surface area contributed by atoms with Crippen LogP contribution in [-0.2, 0) is 11.3 Å². The Hall–Kier alpha value is -0.450. The highest BCUT2D eigenvalue weighted by atomic mass is 79.9. The third-order valence-corrected chi connectivity index (χ3v) is 3.88. The van der Waals surface area contributed by atoms with Gasteiger partial charge in [0.05, 0.1) is 10.1 Å². The predicted molar refractivity (Wildman–Crippen MR) is 74.0 cm³/mol. The molecule has 0 bridgehead atoms. The molecule has 1 N–H and O–H groups in total. The van der Waals surface area contributed by atoms with E-state index in [1.54, 1.807) is 0 Å². The first-order chi connectivity index (χ1) is 8.46. The van der Waals surface area contributed by atoms with Gasteiger partial charge in [-0.3, -0.25) is 0 Å². The summed E-state index contributed by atoms with van der Waals surface area (Å²) in [5.41, 5.74) is 1.05. The maximum absolute atomic E-state index is 13.1. The molecule has 4 heteroatoms. The maximum atomic E-state index is 13.1. The number of halogens is 2. The summed E-state index contributed by atoms with van der Waals surface area (Å²) in [4.78, 5) is 0.